The number of alkyl halides is 3. The minimum atomic E-state index is -4.37. The summed E-state index contributed by atoms with van der Waals surface area (Å²) >= 11 is 0. The van der Waals surface area contributed by atoms with Gasteiger partial charge in [-0.05, 0) is 18.1 Å². The van der Waals surface area contributed by atoms with Crippen LogP contribution in [0.1, 0.15) is 24.5 Å². The van der Waals surface area contributed by atoms with Crippen molar-refractivity contribution in [2.24, 2.45) is 5.73 Å². The van der Waals surface area contributed by atoms with Gasteiger partial charge in [0.15, 0.2) is 0 Å². The molecule has 5 heteroatoms. The van der Waals surface area contributed by atoms with Gasteiger partial charge in [0.2, 0.25) is 0 Å². The van der Waals surface area contributed by atoms with E-state index in [-0.39, 0.29) is 12.2 Å². The lowest BCUT2D eigenvalue weighted by Gasteiger charge is -2.11. The molecule has 94 valence electrons. The fraction of sp³-hybridized carbons (Fsp3) is 0.417. The highest BCUT2D eigenvalue weighted by Gasteiger charge is 2.30. The largest absolute Gasteiger partial charge is 0.416 e. The first kappa shape index (κ1) is 13.7. The molecule has 0 saturated heterocycles. The number of Topliss-reactive ketones (excluding diaryl/α,β-unsaturated/α-hetero) is 1. The van der Waals surface area contributed by atoms with Crippen LogP contribution in [0, 0.1) is 0 Å². The van der Waals surface area contributed by atoms with Crippen LogP contribution in [0.5, 0.6) is 0 Å². The molecular weight excluding hydrogens is 231 g/mol. The first-order valence-electron chi connectivity index (χ1n) is 5.29. The normalized spacial score (nSPS) is 13.5. The molecule has 1 rings (SSSR count). The van der Waals surface area contributed by atoms with E-state index in [1.165, 1.54) is 12.1 Å². The third-order valence-corrected chi connectivity index (χ3v) is 2.47. The molecule has 0 amide bonds. The van der Waals surface area contributed by atoms with Gasteiger partial charge in [-0.3, -0.25) is 4.79 Å². The number of hydrogen-bond donors (Lipinski definition) is 1. The third-order valence-electron chi connectivity index (χ3n) is 2.47. The molecular formula is C12H14F3NO. The average Bonchev–Trinajstić information content (AvgIpc) is 2.27. The summed E-state index contributed by atoms with van der Waals surface area (Å²) in [6, 6.07) is 4.15. The van der Waals surface area contributed by atoms with Gasteiger partial charge in [-0.2, -0.15) is 13.2 Å². The van der Waals surface area contributed by atoms with Crippen LogP contribution in [0.15, 0.2) is 24.3 Å². The van der Waals surface area contributed by atoms with Crippen LogP contribution >= 0.6 is 0 Å². The highest BCUT2D eigenvalue weighted by atomic mass is 19.4. The van der Waals surface area contributed by atoms with Crippen LogP contribution in [0.2, 0.25) is 0 Å². The van der Waals surface area contributed by atoms with E-state index in [4.69, 9.17) is 5.73 Å². The molecule has 2 N–H and O–H groups in total. The lowest BCUT2D eigenvalue weighted by Crippen LogP contribution is -2.32. The van der Waals surface area contributed by atoms with Crippen LogP contribution < -0.4 is 5.73 Å². The first-order chi connectivity index (χ1) is 7.84. The smallest absolute Gasteiger partial charge is 0.321 e. The lowest BCUT2D eigenvalue weighted by molar-refractivity contribution is -0.137. The maximum absolute atomic E-state index is 12.4. The third kappa shape index (κ3) is 3.85. The Labute approximate surface area is 97.6 Å². The van der Waals surface area contributed by atoms with E-state index in [9.17, 15) is 18.0 Å². The van der Waals surface area contributed by atoms with E-state index < -0.39 is 17.8 Å². The van der Waals surface area contributed by atoms with Crippen LogP contribution in [0.3, 0.4) is 0 Å². The highest BCUT2D eigenvalue weighted by molar-refractivity contribution is 5.83. The van der Waals surface area contributed by atoms with Crippen molar-refractivity contribution < 1.29 is 18.0 Å². The second-order valence-electron chi connectivity index (χ2n) is 3.83. The van der Waals surface area contributed by atoms with E-state index >= 15 is 0 Å². The van der Waals surface area contributed by atoms with Gasteiger partial charge in [-0.1, -0.05) is 25.1 Å². The molecule has 1 atom stereocenters. The molecule has 0 fully saturated rings. The van der Waals surface area contributed by atoms with Gasteiger partial charge in [0, 0.05) is 6.42 Å². The Morgan fingerprint density at radius 2 is 2.06 bits per heavy atom. The van der Waals surface area contributed by atoms with E-state index in [2.05, 4.69) is 0 Å². The monoisotopic (exact) mass is 245 g/mol. The number of benzene rings is 1. The minimum Gasteiger partial charge on any atom is -0.321 e. The predicted molar refractivity (Wildman–Crippen MR) is 58.4 cm³/mol. The molecule has 2 nitrogen and oxygen atoms in total. The maximum atomic E-state index is 12.4. The van der Waals surface area contributed by atoms with Crippen molar-refractivity contribution in [3.8, 4) is 0 Å². The van der Waals surface area contributed by atoms with E-state index in [1.54, 1.807) is 6.92 Å². The minimum absolute atomic E-state index is 0.136. The molecule has 0 aliphatic carbocycles. The fourth-order valence-corrected chi connectivity index (χ4v) is 1.50. The highest BCUT2D eigenvalue weighted by Crippen LogP contribution is 2.29. The molecule has 1 aromatic rings. The summed E-state index contributed by atoms with van der Waals surface area (Å²) in [4.78, 5) is 11.3. The Hall–Kier alpha value is -1.36. The summed E-state index contributed by atoms with van der Waals surface area (Å²) in [6.07, 6.45) is -3.94. The number of carbonyl (C=O) groups excluding carboxylic acids is 1. The molecule has 17 heavy (non-hydrogen) atoms. The van der Waals surface area contributed by atoms with Crippen molar-refractivity contribution in [2.75, 3.05) is 0 Å². The van der Waals surface area contributed by atoms with Gasteiger partial charge in [0.1, 0.15) is 5.78 Å². The summed E-state index contributed by atoms with van der Waals surface area (Å²) in [5.74, 6) is -0.151. The van der Waals surface area contributed by atoms with Gasteiger partial charge < -0.3 is 5.73 Å². The fourth-order valence-electron chi connectivity index (χ4n) is 1.50. The lowest BCUT2D eigenvalue weighted by atomic mass is 10.0. The molecule has 0 saturated carbocycles. The summed E-state index contributed by atoms with van der Waals surface area (Å²) in [5, 5.41) is 0. The Bertz CT molecular complexity index is 401. The molecule has 0 spiro atoms. The number of hydrogen-bond acceptors (Lipinski definition) is 2. The van der Waals surface area contributed by atoms with Crippen LogP contribution in [-0.4, -0.2) is 11.8 Å². The number of ketones is 1. The van der Waals surface area contributed by atoms with Crippen LogP contribution in [0.4, 0.5) is 13.2 Å². The quantitative estimate of drug-likeness (QED) is 0.885. The van der Waals surface area contributed by atoms with Crippen molar-refractivity contribution in [3.63, 3.8) is 0 Å². The van der Waals surface area contributed by atoms with E-state index in [0.29, 0.717) is 12.0 Å². The second-order valence-corrected chi connectivity index (χ2v) is 3.83. The number of nitrogens with two attached hydrogens (primary N) is 1. The number of rotatable bonds is 4. The SMILES string of the molecule is CCC(=O)[C@H](N)Cc1cccc(C(F)(F)F)c1. The molecule has 0 aromatic heterocycles. The summed E-state index contributed by atoms with van der Waals surface area (Å²) in [6.45, 7) is 1.67. The van der Waals surface area contributed by atoms with Gasteiger partial charge in [0.05, 0.1) is 11.6 Å². The topological polar surface area (TPSA) is 43.1 Å². The molecule has 0 radical (unpaired) electrons. The van der Waals surface area contributed by atoms with Crippen molar-refractivity contribution >= 4 is 5.78 Å². The molecule has 0 heterocycles. The Morgan fingerprint density at radius 1 is 1.41 bits per heavy atom. The molecule has 0 aliphatic heterocycles. The average molecular weight is 245 g/mol. The summed E-state index contributed by atoms with van der Waals surface area (Å²) in [5.41, 5.74) is 5.30. The summed E-state index contributed by atoms with van der Waals surface area (Å²) in [7, 11) is 0. The van der Waals surface area contributed by atoms with Crippen LogP contribution in [-0.2, 0) is 17.4 Å². The van der Waals surface area contributed by atoms with Crippen molar-refractivity contribution in [2.45, 2.75) is 32.0 Å². The zero-order valence-electron chi connectivity index (χ0n) is 9.42. The first-order valence-corrected chi connectivity index (χ1v) is 5.29. The van der Waals surface area contributed by atoms with Gasteiger partial charge in [0.25, 0.3) is 0 Å². The Balaban J connectivity index is 2.83. The van der Waals surface area contributed by atoms with Gasteiger partial charge in [-0.25, -0.2) is 0 Å². The van der Waals surface area contributed by atoms with Gasteiger partial charge >= 0.3 is 6.18 Å². The second kappa shape index (κ2) is 5.31. The zero-order chi connectivity index (χ0) is 13.1. The van der Waals surface area contributed by atoms with Crippen molar-refractivity contribution in [3.05, 3.63) is 35.4 Å². The Morgan fingerprint density at radius 3 is 2.59 bits per heavy atom. The number of carbonyl (C=O) groups is 1. The van der Waals surface area contributed by atoms with Crippen molar-refractivity contribution in [1.29, 1.82) is 0 Å². The molecule has 1 aromatic carbocycles. The van der Waals surface area contributed by atoms with Crippen LogP contribution in [0.25, 0.3) is 0 Å². The predicted octanol–water partition coefficient (Wildman–Crippen LogP) is 2.55. The standard InChI is InChI=1S/C12H14F3NO/c1-2-11(17)10(16)7-8-4-3-5-9(6-8)12(13,14)15/h3-6,10H,2,7,16H2,1H3/t10-/m1/s1. The molecule has 0 aliphatic rings. The number of halogens is 3. The molecule has 0 bridgehead atoms. The molecule has 0 unspecified atom stereocenters. The maximum Gasteiger partial charge on any atom is 0.416 e. The van der Waals surface area contributed by atoms with E-state index in [0.717, 1.165) is 12.1 Å². The van der Waals surface area contributed by atoms with Gasteiger partial charge in [-0.15, -0.1) is 0 Å². The van der Waals surface area contributed by atoms with Crippen molar-refractivity contribution in [1.82, 2.24) is 0 Å². The Kier molecular flexibility index (Phi) is 4.28. The summed E-state index contributed by atoms with van der Waals surface area (Å²) < 4.78 is 37.3. The zero-order valence-corrected chi connectivity index (χ0v) is 9.42. The van der Waals surface area contributed by atoms with E-state index in [1.807, 2.05) is 0 Å².